The topological polar surface area (TPSA) is 108 Å². The minimum absolute atomic E-state index is 0.0979. The fourth-order valence-corrected chi connectivity index (χ4v) is 4.87. The van der Waals surface area contributed by atoms with Crippen LogP contribution >= 0.6 is 0 Å². The average Bonchev–Trinajstić information content (AvgIpc) is 3.43. The van der Waals surface area contributed by atoms with E-state index in [1.165, 1.54) is 4.90 Å². The van der Waals surface area contributed by atoms with Gasteiger partial charge in [-0.25, -0.2) is 9.59 Å². The Morgan fingerprint density at radius 3 is 2.31 bits per heavy atom. The molecular weight excluding hydrogens is 450 g/mol. The zero-order chi connectivity index (χ0) is 24.9. The molecule has 2 aliphatic heterocycles. The summed E-state index contributed by atoms with van der Waals surface area (Å²) < 4.78 is 11.5. The van der Waals surface area contributed by atoms with Gasteiger partial charge in [-0.1, -0.05) is 62.4 Å². The molecule has 2 heterocycles. The lowest BCUT2D eigenvalue weighted by molar-refractivity contribution is -0.136. The summed E-state index contributed by atoms with van der Waals surface area (Å²) in [7, 11) is 0. The Balaban J connectivity index is 1.47. The van der Waals surface area contributed by atoms with Crippen LogP contribution in [0.15, 0.2) is 60.7 Å². The molecule has 0 spiro atoms. The van der Waals surface area contributed by atoms with E-state index < -0.39 is 30.4 Å². The monoisotopic (exact) mass is 481 g/mol. The van der Waals surface area contributed by atoms with Crippen molar-refractivity contribution in [2.75, 3.05) is 13.1 Å². The maximum absolute atomic E-state index is 13.6. The second-order valence-corrected chi connectivity index (χ2v) is 9.21. The number of likely N-dealkylation sites (tertiary alicyclic amines) is 2. The predicted octanol–water partition coefficient (Wildman–Crippen LogP) is 3.35. The molecule has 2 aromatic carbocycles. The number of nitrogens with one attached hydrogen (secondary N) is 1. The van der Waals surface area contributed by atoms with Crippen molar-refractivity contribution in [3.8, 4) is 5.75 Å². The number of carboxylic acid groups (broad SMARTS) is 1. The lowest BCUT2D eigenvalue weighted by Gasteiger charge is -2.33. The van der Waals surface area contributed by atoms with Crippen molar-refractivity contribution in [1.29, 1.82) is 0 Å². The van der Waals surface area contributed by atoms with E-state index in [1.54, 1.807) is 17.0 Å². The molecule has 0 radical (unpaired) electrons. The van der Waals surface area contributed by atoms with Gasteiger partial charge in [-0.05, 0) is 30.0 Å². The summed E-state index contributed by atoms with van der Waals surface area (Å²) in [4.78, 5) is 41.1. The van der Waals surface area contributed by atoms with E-state index in [1.807, 2.05) is 62.4 Å². The van der Waals surface area contributed by atoms with E-state index in [2.05, 4.69) is 5.32 Å². The first-order valence-electron chi connectivity index (χ1n) is 11.8. The van der Waals surface area contributed by atoms with Gasteiger partial charge in [-0.15, -0.1) is 0 Å². The highest BCUT2D eigenvalue weighted by molar-refractivity contribution is 5.86. The van der Waals surface area contributed by atoms with Gasteiger partial charge in [0, 0.05) is 6.54 Å². The van der Waals surface area contributed by atoms with Crippen molar-refractivity contribution in [2.45, 2.75) is 51.1 Å². The molecule has 2 aliphatic rings. The molecule has 3 amide bonds. The molecule has 2 aromatic rings. The minimum Gasteiger partial charge on any atom is -0.486 e. The van der Waals surface area contributed by atoms with Crippen LogP contribution in [0, 0.1) is 5.92 Å². The standard InChI is InChI=1S/C26H31N3O6/c1-17(2)22(27-25(31)34-16-18-9-5-3-6-10-18)24(30)28-14-13-20-23(28)21(15-29(20)26(32)33)35-19-11-7-4-8-12-19/h3-12,17,20-23H,13-16H2,1-2H3,(H,27,31)(H,32,33)/t20-,21+,22+,23+/m1/s1. The number of para-hydroxylation sites is 1. The Bertz CT molecular complexity index is 1030. The molecule has 0 saturated carbocycles. The molecule has 9 nitrogen and oxygen atoms in total. The van der Waals surface area contributed by atoms with Crippen LogP contribution in [0.4, 0.5) is 9.59 Å². The number of amides is 3. The third kappa shape index (κ3) is 5.50. The van der Waals surface area contributed by atoms with Gasteiger partial charge in [0.25, 0.3) is 0 Å². The molecule has 2 saturated heterocycles. The number of nitrogens with zero attached hydrogens (tertiary/aromatic N) is 2. The van der Waals surface area contributed by atoms with Gasteiger partial charge in [0.15, 0.2) is 0 Å². The van der Waals surface area contributed by atoms with Crippen molar-refractivity contribution >= 4 is 18.1 Å². The number of hydrogen-bond donors (Lipinski definition) is 2. The van der Waals surface area contributed by atoms with Crippen molar-refractivity contribution in [3.05, 3.63) is 66.2 Å². The molecule has 0 aliphatic carbocycles. The van der Waals surface area contributed by atoms with Crippen LogP contribution in [-0.2, 0) is 16.1 Å². The number of carbonyl (C=O) groups is 3. The van der Waals surface area contributed by atoms with Crippen LogP contribution < -0.4 is 10.1 Å². The Kier molecular flexibility index (Phi) is 7.43. The highest BCUT2D eigenvalue weighted by Crippen LogP contribution is 2.35. The summed E-state index contributed by atoms with van der Waals surface area (Å²) in [6.07, 6.45) is -1.70. The first-order valence-corrected chi connectivity index (χ1v) is 11.8. The van der Waals surface area contributed by atoms with Gasteiger partial charge in [0.1, 0.15) is 24.5 Å². The highest BCUT2D eigenvalue weighted by Gasteiger charge is 2.54. The van der Waals surface area contributed by atoms with Crippen LogP contribution in [0.2, 0.25) is 0 Å². The molecule has 186 valence electrons. The van der Waals surface area contributed by atoms with E-state index in [-0.39, 0.29) is 31.0 Å². The number of fused-ring (bicyclic) bond motifs is 1. The SMILES string of the molecule is CC(C)[C@H](NC(=O)OCc1ccccc1)C(=O)N1CC[C@@H]2[C@H]1[C@@H](Oc1ccccc1)CN2C(=O)O. The Morgan fingerprint density at radius 1 is 1.03 bits per heavy atom. The van der Waals surface area contributed by atoms with Gasteiger partial charge in [-0.2, -0.15) is 0 Å². The smallest absolute Gasteiger partial charge is 0.408 e. The Hall–Kier alpha value is -3.75. The summed E-state index contributed by atoms with van der Waals surface area (Å²) >= 11 is 0. The summed E-state index contributed by atoms with van der Waals surface area (Å²) in [5.41, 5.74) is 0.845. The van der Waals surface area contributed by atoms with Crippen LogP contribution in [0.25, 0.3) is 0 Å². The van der Waals surface area contributed by atoms with Crippen LogP contribution in [-0.4, -0.2) is 70.3 Å². The predicted molar refractivity (Wildman–Crippen MR) is 128 cm³/mol. The van der Waals surface area contributed by atoms with Gasteiger partial charge >= 0.3 is 12.2 Å². The van der Waals surface area contributed by atoms with E-state index in [9.17, 15) is 19.5 Å². The fraction of sp³-hybridized carbons (Fsp3) is 0.423. The van der Waals surface area contributed by atoms with Crippen LogP contribution in [0.5, 0.6) is 5.75 Å². The summed E-state index contributed by atoms with van der Waals surface area (Å²) in [6, 6.07) is 16.8. The number of alkyl carbamates (subject to hydrolysis) is 1. The second kappa shape index (κ2) is 10.7. The molecule has 2 N–H and O–H groups in total. The van der Waals surface area contributed by atoms with Gasteiger partial charge in [0.2, 0.25) is 5.91 Å². The lowest BCUT2D eigenvalue weighted by Crippen LogP contribution is -2.55. The first kappa shape index (κ1) is 24.4. The number of ether oxygens (including phenoxy) is 2. The third-order valence-electron chi connectivity index (χ3n) is 6.56. The number of benzene rings is 2. The van der Waals surface area contributed by atoms with Crippen molar-refractivity contribution in [3.63, 3.8) is 0 Å². The van der Waals surface area contributed by atoms with Gasteiger partial charge < -0.3 is 24.8 Å². The van der Waals surface area contributed by atoms with Crippen LogP contribution in [0.1, 0.15) is 25.8 Å². The zero-order valence-corrected chi connectivity index (χ0v) is 19.9. The quantitative estimate of drug-likeness (QED) is 0.628. The summed E-state index contributed by atoms with van der Waals surface area (Å²) in [6.45, 7) is 4.35. The molecule has 0 unspecified atom stereocenters. The molecule has 2 fully saturated rings. The molecule has 4 rings (SSSR count). The van der Waals surface area contributed by atoms with E-state index in [0.29, 0.717) is 18.7 Å². The molecule has 0 bridgehead atoms. The molecular formula is C26H31N3O6. The first-order chi connectivity index (χ1) is 16.8. The van der Waals surface area contributed by atoms with Crippen molar-refractivity contribution in [2.24, 2.45) is 5.92 Å². The molecule has 0 aromatic heterocycles. The zero-order valence-electron chi connectivity index (χ0n) is 19.9. The summed E-state index contributed by atoms with van der Waals surface area (Å²) in [5.74, 6) is 0.153. The lowest BCUT2D eigenvalue weighted by atomic mass is 10.0. The van der Waals surface area contributed by atoms with Crippen molar-refractivity contribution < 1.29 is 29.0 Å². The largest absolute Gasteiger partial charge is 0.486 e. The fourth-order valence-electron chi connectivity index (χ4n) is 4.87. The average molecular weight is 482 g/mol. The normalized spacial score (nSPS) is 22.0. The summed E-state index contributed by atoms with van der Waals surface area (Å²) in [5, 5.41) is 12.5. The van der Waals surface area contributed by atoms with Gasteiger partial charge in [0.05, 0.1) is 18.6 Å². The van der Waals surface area contributed by atoms with E-state index >= 15 is 0 Å². The number of rotatable bonds is 7. The third-order valence-corrected chi connectivity index (χ3v) is 6.56. The highest BCUT2D eigenvalue weighted by atomic mass is 16.5. The van der Waals surface area contributed by atoms with Crippen LogP contribution in [0.3, 0.4) is 0 Å². The maximum atomic E-state index is 13.6. The van der Waals surface area contributed by atoms with E-state index in [0.717, 1.165) is 5.56 Å². The Morgan fingerprint density at radius 2 is 1.69 bits per heavy atom. The Labute approximate surface area is 204 Å². The van der Waals surface area contributed by atoms with Crippen molar-refractivity contribution in [1.82, 2.24) is 15.1 Å². The van der Waals surface area contributed by atoms with E-state index in [4.69, 9.17) is 9.47 Å². The second-order valence-electron chi connectivity index (χ2n) is 9.21. The molecule has 35 heavy (non-hydrogen) atoms. The van der Waals surface area contributed by atoms with Gasteiger partial charge in [-0.3, -0.25) is 9.69 Å². The molecule has 9 heteroatoms. The number of carbonyl (C=O) groups excluding carboxylic acids is 2. The molecule has 4 atom stereocenters. The number of hydrogen-bond acceptors (Lipinski definition) is 5. The minimum atomic E-state index is -1.03. The maximum Gasteiger partial charge on any atom is 0.408 e.